The van der Waals surface area contributed by atoms with Gasteiger partial charge in [0.15, 0.2) is 5.65 Å². The second-order valence-corrected chi connectivity index (χ2v) is 12.1. The Bertz CT molecular complexity index is 2270. The minimum Gasteiger partial charge on any atom is -0.508 e. The quantitative estimate of drug-likeness (QED) is 0.119. The van der Waals surface area contributed by atoms with Gasteiger partial charge in [0, 0.05) is 41.5 Å². The molecule has 12 heteroatoms. The summed E-state index contributed by atoms with van der Waals surface area (Å²) >= 11 is 6.77. The van der Waals surface area contributed by atoms with Gasteiger partial charge in [0.2, 0.25) is 5.91 Å². The second-order valence-electron chi connectivity index (χ2n) is 11.7. The number of amides is 1. The molecule has 0 atom stereocenters. The minimum absolute atomic E-state index is 0.00321. The van der Waals surface area contributed by atoms with E-state index < -0.39 is 0 Å². The predicted octanol–water partition coefficient (Wildman–Crippen LogP) is 5.36. The van der Waals surface area contributed by atoms with E-state index in [1.807, 2.05) is 32.0 Å². The highest BCUT2D eigenvalue weighted by atomic mass is 35.5. The Morgan fingerprint density at radius 2 is 1.88 bits per heavy atom. The number of hydrogen-bond donors (Lipinski definition) is 4. The number of nitrogen functional groups attached to an aromatic ring is 1. The number of aromatic hydroxyl groups is 1. The number of halogens is 1. The summed E-state index contributed by atoms with van der Waals surface area (Å²) in [6.07, 6.45) is 3.25. The first-order chi connectivity index (χ1) is 23.2. The number of aromatic amines is 1. The normalized spacial score (nSPS) is 11.2. The molecule has 0 unspecified atom stereocenters. The summed E-state index contributed by atoms with van der Waals surface area (Å²) in [6, 6.07) is 17.8. The largest absolute Gasteiger partial charge is 0.508 e. The van der Waals surface area contributed by atoms with E-state index in [9.17, 15) is 14.7 Å². The van der Waals surface area contributed by atoms with E-state index in [1.54, 1.807) is 47.1 Å². The lowest BCUT2D eigenvalue weighted by atomic mass is 10.0. The average Bonchev–Trinajstić information content (AvgIpc) is 3.42. The molecule has 1 amide bonds. The molecule has 5 N–H and O–H groups in total. The van der Waals surface area contributed by atoms with Gasteiger partial charge in [-0.2, -0.15) is 5.10 Å². The zero-order chi connectivity index (χ0) is 33.8. The van der Waals surface area contributed by atoms with Crippen LogP contribution >= 0.6 is 11.6 Å². The number of phenolic OH excluding ortho intramolecular Hbond substituents is 1. The summed E-state index contributed by atoms with van der Waals surface area (Å²) in [4.78, 5) is 41.6. The number of H-pyrrole nitrogens is 1. The smallest absolute Gasteiger partial charge is 0.260 e. The monoisotopic (exact) mass is 660 g/mol. The number of nitrogens with zero attached hydrogens (tertiary/aromatic N) is 5. The van der Waals surface area contributed by atoms with Crippen LogP contribution in [0.2, 0.25) is 5.02 Å². The molecule has 0 aliphatic rings. The average molecular weight is 661 g/mol. The van der Waals surface area contributed by atoms with Gasteiger partial charge in [-0.15, -0.1) is 0 Å². The number of anilines is 1. The van der Waals surface area contributed by atoms with Gasteiger partial charge in [-0.25, -0.2) is 19.6 Å². The van der Waals surface area contributed by atoms with Crippen LogP contribution in [0.1, 0.15) is 55.6 Å². The number of unbranched alkanes of at least 4 members (excludes halogenated alkanes) is 1. The zero-order valence-electron chi connectivity index (χ0n) is 26.4. The molecule has 3 aromatic carbocycles. The second kappa shape index (κ2) is 13.9. The van der Waals surface area contributed by atoms with E-state index in [4.69, 9.17) is 27.4 Å². The van der Waals surface area contributed by atoms with Gasteiger partial charge in [-0.05, 0) is 73.9 Å². The van der Waals surface area contributed by atoms with Crippen LogP contribution in [0.4, 0.5) is 5.82 Å². The third-order valence-corrected chi connectivity index (χ3v) is 8.10. The zero-order valence-corrected chi connectivity index (χ0v) is 27.2. The first-order valence-electron chi connectivity index (χ1n) is 15.5. The van der Waals surface area contributed by atoms with Crippen LogP contribution < -0.4 is 16.6 Å². The minimum atomic E-state index is -0.288. The first-order valence-corrected chi connectivity index (χ1v) is 15.9. The van der Waals surface area contributed by atoms with E-state index in [1.165, 1.54) is 6.33 Å². The highest BCUT2D eigenvalue weighted by Gasteiger charge is 2.20. The van der Waals surface area contributed by atoms with Crippen molar-refractivity contribution in [3.05, 3.63) is 105 Å². The summed E-state index contributed by atoms with van der Waals surface area (Å²) < 4.78 is 1.72. The molecule has 6 aromatic rings. The van der Waals surface area contributed by atoms with Crippen molar-refractivity contribution in [1.29, 1.82) is 0 Å². The van der Waals surface area contributed by atoms with Crippen LogP contribution in [0.15, 0.2) is 71.8 Å². The molecule has 48 heavy (non-hydrogen) atoms. The Hall–Kier alpha value is -5.73. The Morgan fingerprint density at radius 1 is 1.08 bits per heavy atom. The molecule has 0 saturated carbocycles. The van der Waals surface area contributed by atoms with Crippen molar-refractivity contribution in [2.45, 2.75) is 52.1 Å². The number of fused-ring (bicyclic) bond motifs is 2. The predicted molar refractivity (Wildman–Crippen MR) is 187 cm³/mol. The van der Waals surface area contributed by atoms with Crippen LogP contribution in [0.3, 0.4) is 0 Å². The maximum Gasteiger partial charge on any atom is 0.260 e. The molecular formula is C36H33ClN8O3. The number of hydrogen-bond acceptors (Lipinski definition) is 8. The molecule has 0 aliphatic heterocycles. The van der Waals surface area contributed by atoms with E-state index in [0.717, 1.165) is 16.7 Å². The maximum absolute atomic E-state index is 13.4. The molecule has 242 valence electrons. The highest BCUT2D eigenvalue weighted by molar-refractivity contribution is 6.31. The number of rotatable bonds is 9. The van der Waals surface area contributed by atoms with Gasteiger partial charge in [-0.3, -0.25) is 9.59 Å². The number of carbonyl (C=O) groups is 1. The molecule has 0 saturated heterocycles. The number of nitrogens with two attached hydrogens (primary N) is 1. The van der Waals surface area contributed by atoms with Gasteiger partial charge < -0.3 is 21.1 Å². The molecule has 3 aromatic heterocycles. The van der Waals surface area contributed by atoms with Gasteiger partial charge in [0.05, 0.1) is 22.8 Å². The van der Waals surface area contributed by atoms with Gasteiger partial charge in [-0.1, -0.05) is 41.6 Å². The van der Waals surface area contributed by atoms with E-state index in [0.29, 0.717) is 69.7 Å². The summed E-state index contributed by atoms with van der Waals surface area (Å²) in [5, 5.41) is 19.0. The van der Waals surface area contributed by atoms with Crippen molar-refractivity contribution in [2.75, 3.05) is 5.73 Å². The van der Waals surface area contributed by atoms with Crippen LogP contribution in [-0.4, -0.2) is 46.8 Å². The molecule has 0 bridgehead atoms. The third-order valence-electron chi connectivity index (χ3n) is 7.74. The fraction of sp³-hybridized carbons (Fsp3) is 0.222. The molecular weight excluding hydrogens is 628 g/mol. The molecule has 6 rings (SSSR count). The van der Waals surface area contributed by atoms with Crippen molar-refractivity contribution in [3.8, 4) is 28.8 Å². The SMILES string of the molecule is CC(C)NC(=O)CCCC#Cc1cccc2nc(Cc3cccc(Cl)c3Cn3nc(-c4ccc(O)cc4)c4c(N)ncnc43)[nH]c(=O)c12. The standard InChI is InChI=1S/C36H33ClN8O3/c1-21(2)41-30(47)13-5-3-4-8-22-9-7-12-28-31(22)36(48)43-29(42-28)18-24-10-6-11-27(37)26(24)19-45-35-32(34(38)39-20-40-35)33(44-45)23-14-16-25(46)17-15-23/h6-7,9-12,14-17,20-21,46H,3,5,13,18-19H2,1-2H3,(H,41,47)(H2,38,39,40)(H,42,43,48). The van der Waals surface area contributed by atoms with Crippen molar-refractivity contribution in [2.24, 2.45) is 0 Å². The fourth-order valence-corrected chi connectivity index (χ4v) is 5.81. The van der Waals surface area contributed by atoms with Crippen molar-refractivity contribution < 1.29 is 9.90 Å². The third kappa shape index (κ3) is 6.99. The van der Waals surface area contributed by atoms with Gasteiger partial charge in [0.1, 0.15) is 29.4 Å². The molecule has 0 aliphatic carbocycles. The maximum atomic E-state index is 13.4. The lowest BCUT2D eigenvalue weighted by Gasteiger charge is -2.12. The van der Waals surface area contributed by atoms with E-state index in [-0.39, 0.29) is 35.6 Å². The molecule has 0 radical (unpaired) electrons. The van der Waals surface area contributed by atoms with E-state index in [2.05, 4.69) is 32.1 Å². The fourth-order valence-electron chi connectivity index (χ4n) is 5.55. The van der Waals surface area contributed by atoms with E-state index >= 15 is 0 Å². The summed E-state index contributed by atoms with van der Waals surface area (Å²) in [5.74, 6) is 7.07. The number of carbonyl (C=O) groups excluding carboxylic acids is 1. The molecule has 3 heterocycles. The van der Waals surface area contributed by atoms with Gasteiger partial charge in [0.25, 0.3) is 5.56 Å². The number of nitrogens with one attached hydrogen (secondary N) is 2. The van der Waals surface area contributed by atoms with Gasteiger partial charge >= 0.3 is 0 Å². The van der Waals surface area contributed by atoms with Crippen LogP contribution in [0, 0.1) is 11.8 Å². The highest BCUT2D eigenvalue weighted by Crippen LogP contribution is 2.32. The summed E-state index contributed by atoms with van der Waals surface area (Å²) in [6.45, 7) is 4.11. The Labute approximate surface area is 281 Å². The van der Waals surface area contributed by atoms with Crippen LogP contribution in [-0.2, 0) is 17.8 Å². The molecule has 0 fully saturated rings. The Kier molecular flexibility index (Phi) is 9.36. The molecule has 11 nitrogen and oxygen atoms in total. The van der Waals surface area contributed by atoms with Crippen molar-refractivity contribution in [3.63, 3.8) is 0 Å². The van der Waals surface area contributed by atoms with Crippen LogP contribution in [0.25, 0.3) is 33.2 Å². The lowest BCUT2D eigenvalue weighted by molar-refractivity contribution is -0.121. The number of benzene rings is 3. The van der Waals surface area contributed by atoms with Crippen molar-refractivity contribution in [1.82, 2.24) is 35.0 Å². The van der Waals surface area contributed by atoms with Crippen LogP contribution in [0.5, 0.6) is 5.75 Å². The molecule has 0 spiro atoms. The number of aromatic nitrogens is 6. The Morgan fingerprint density at radius 3 is 2.67 bits per heavy atom. The topological polar surface area (TPSA) is 165 Å². The first kappa shape index (κ1) is 32.2. The summed E-state index contributed by atoms with van der Waals surface area (Å²) in [7, 11) is 0. The lowest BCUT2D eigenvalue weighted by Crippen LogP contribution is -2.29. The Balaban J connectivity index is 1.28. The number of phenols is 1. The van der Waals surface area contributed by atoms with Crippen molar-refractivity contribution >= 4 is 45.3 Å². The summed E-state index contributed by atoms with van der Waals surface area (Å²) in [5.41, 5.74) is 10.6.